The van der Waals surface area contributed by atoms with Crippen molar-refractivity contribution >= 4 is 17.3 Å². The molecule has 4 aliphatic heterocycles. The number of ether oxygens (including phenoxy) is 1. The van der Waals surface area contributed by atoms with Gasteiger partial charge in [0.15, 0.2) is 0 Å². The Hall–Kier alpha value is -1.72. The van der Waals surface area contributed by atoms with E-state index in [1.807, 2.05) is 18.2 Å². The fourth-order valence-corrected chi connectivity index (χ4v) is 5.46. The summed E-state index contributed by atoms with van der Waals surface area (Å²) in [4.78, 5) is 23.9. The summed E-state index contributed by atoms with van der Waals surface area (Å²) in [5, 5.41) is 1.45. The average molecular weight is 326 g/mol. The molecule has 5 heteroatoms. The smallest absolute Gasteiger partial charge is 0.264 e. The van der Waals surface area contributed by atoms with Crippen LogP contribution in [0.3, 0.4) is 0 Å². The second-order valence-electron chi connectivity index (χ2n) is 7.34. The molecule has 4 bridgehead atoms. The number of anilines is 1. The molecule has 1 saturated carbocycles. The number of hydroxylamine groups is 1. The minimum atomic E-state index is -0.649. The van der Waals surface area contributed by atoms with E-state index in [2.05, 4.69) is 13.0 Å². The Balaban J connectivity index is 1.69. The molecule has 1 aromatic rings. The molecule has 4 heterocycles. The number of para-hydroxylation sites is 1. The number of carbonyl (C=O) groups is 1. The zero-order valence-electron chi connectivity index (χ0n) is 14.1. The molecule has 24 heavy (non-hydrogen) atoms. The molecular formula is C19H22N2O3. The number of carbonyl (C=O) groups excluding carboxylic acids is 1. The van der Waals surface area contributed by atoms with Crippen molar-refractivity contribution in [1.29, 1.82) is 0 Å². The highest BCUT2D eigenvalue weighted by molar-refractivity contribution is 6.07. The first kappa shape index (κ1) is 14.6. The lowest BCUT2D eigenvalue weighted by molar-refractivity contribution is -0.137. The molecule has 6 rings (SSSR count). The Morgan fingerprint density at radius 2 is 2.25 bits per heavy atom. The minimum absolute atomic E-state index is 0.0117. The Bertz CT molecular complexity index is 746. The van der Waals surface area contributed by atoms with Crippen molar-refractivity contribution in [3.05, 3.63) is 29.8 Å². The zero-order valence-corrected chi connectivity index (χ0v) is 14.1. The third kappa shape index (κ3) is 1.57. The molecule has 0 aromatic heterocycles. The van der Waals surface area contributed by atoms with Crippen LogP contribution >= 0.6 is 0 Å². The van der Waals surface area contributed by atoms with Crippen molar-refractivity contribution in [2.75, 3.05) is 18.8 Å². The fourth-order valence-electron chi connectivity index (χ4n) is 5.46. The molecule has 1 aromatic carbocycles. The molecule has 5 aliphatic rings. The summed E-state index contributed by atoms with van der Waals surface area (Å²) < 4.78 is 6.26. The number of benzene rings is 1. The molecular weight excluding hydrogens is 304 g/mol. The van der Waals surface area contributed by atoms with E-state index in [4.69, 9.17) is 14.6 Å². The van der Waals surface area contributed by atoms with E-state index in [1.165, 1.54) is 10.8 Å². The summed E-state index contributed by atoms with van der Waals surface area (Å²) >= 11 is 0. The molecule has 1 spiro atoms. The normalized spacial score (nSPS) is 39.3. The molecule has 0 radical (unpaired) electrons. The highest BCUT2D eigenvalue weighted by atomic mass is 16.7. The van der Waals surface area contributed by atoms with Gasteiger partial charge in [-0.25, -0.2) is 0 Å². The van der Waals surface area contributed by atoms with Gasteiger partial charge >= 0.3 is 0 Å². The highest BCUT2D eigenvalue weighted by Crippen LogP contribution is 2.56. The van der Waals surface area contributed by atoms with Gasteiger partial charge in [0, 0.05) is 17.5 Å². The summed E-state index contributed by atoms with van der Waals surface area (Å²) in [6.45, 7) is 2.90. The molecule has 126 valence electrons. The van der Waals surface area contributed by atoms with Gasteiger partial charge in [-0.3, -0.25) is 14.6 Å². The molecule has 3 fully saturated rings. The molecule has 5 nitrogen and oxygen atoms in total. The fraction of sp³-hybridized carbons (Fsp3) is 0.579. The van der Waals surface area contributed by atoms with E-state index in [-0.39, 0.29) is 18.1 Å². The van der Waals surface area contributed by atoms with Crippen molar-refractivity contribution in [2.24, 2.45) is 16.8 Å². The lowest BCUT2D eigenvalue weighted by Crippen LogP contribution is -2.51. The van der Waals surface area contributed by atoms with Crippen LogP contribution in [0.15, 0.2) is 29.3 Å². The summed E-state index contributed by atoms with van der Waals surface area (Å²) in [6.07, 6.45) is 2.55. The van der Waals surface area contributed by atoms with Crippen molar-refractivity contribution in [2.45, 2.75) is 43.7 Å². The number of rotatable bonds is 2. The standard InChI is InChI=1S/C19H22N2O3/c1-3-14-11-8-17-19(9-15(20-14)12(11)10-24-17)13-6-4-5-7-16(13)21(23-2)18(19)22/h4-7,11-12,15,17H,3,8-10H2,1-2H3/t11-,12?,15?,17+,19+/m0/s1. The number of hydrogen-bond donors (Lipinski definition) is 0. The number of aliphatic imine (C=N–C) groups is 1. The predicted octanol–water partition coefficient (Wildman–Crippen LogP) is 2.49. The van der Waals surface area contributed by atoms with Gasteiger partial charge in [-0.05, 0) is 30.9 Å². The second-order valence-corrected chi connectivity index (χ2v) is 7.34. The van der Waals surface area contributed by atoms with Gasteiger partial charge in [0.05, 0.1) is 31.5 Å². The van der Waals surface area contributed by atoms with Gasteiger partial charge in [-0.1, -0.05) is 25.1 Å². The summed E-state index contributed by atoms with van der Waals surface area (Å²) in [5.74, 6) is 0.930. The largest absolute Gasteiger partial charge is 0.376 e. The van der Waals surface area contributed by atoms with Gasteiger partial charge in [-0.2, -0.15) is 5.06 Å². The van der Waals surface area contributed by atoms with E-state index in [0.717, 1.165) is 37.1 Å². The Morgan fingerprint density at radius 3 is 3.04 bits per heavy atom. The van der Waals surface area contributed by atoms with Crippen molar-refractivity contribution in [1.82, 2.24) is 0 Å². The lowest BCUT2D eigenvalue weighted by Gasteiger charge is -2.38. The van der Waals surface area contributed by atoms with Crippen LogP contribution in [0, 0.1) is 11.8 Å². The Labute approximate surface area is 141 Å². The Morgan fingerprint density at radius 1 is 1.42 bits per heavy atom. The van der Waals surface area contributed by atoms with Crippen molar-refractivity contribution in [3.63, 3.8) is 0 Å². The van der Waals surface area contributed by atoms with Gasteiger partial charge < -0.3 is 4.74 Å². The Kier molecular flexibility index (Phi) is 2.98. The van der Waals surface area contributed by atoms with Crippen LogP contribution in [0.2, 0.25) is 0 Å². The van der Waals surface area contributed by atoms with Crippen molar-refractivity contribution in [3.8, 4) is 0 Å². The van der Waals surface area contributed by atoms with Gasteiger partial charge in [0.25, 0.3) is 5.91 Å². The molecule has 2 saturated heterocycles. The van der Waals surface area contributed by atoms with Crippen LogP contribution in [0.5, 0.6) is 0 Å². The first-order valence-electron chi connectivity index (χ1n) is 8.87. The van der Waals surface area contributed by atoms with Gasteiger partial charge in [0.1, 0.15) is 5.41 Å². The first-order chi connectivity index (χ1) is 11.7. The average Bonchev–Trinajstić information content (AvgIpc) is 2.96. The predicted molar refractivity (Wildman–Crippen MR) is 90.1 cm³/mol. The molecule has 2 unspecified atom stereocenters. The summed E-state index contributed by atoms with van der Waals surface area (Å²) in [5.41, 5.74) is 2.58. The van der Waals surface area contributed by atoms with E-state index in [9.17, 15) is 4.79 Å². The van der Waals surface area contributed by atoms with Crippen LogP contribution in [-0.4, -0.2) is 37.5 Å². The minimum Gasteiger partial charge on any atom is -0.376 e. The number of fused-ring (bicyclic) bond motifs is 2. The van der Waals surface area contributed by atoms with Crippen LogP contribution in [0.4, 0.5) is 5.69 Å². The summed E-state index contributed by atoms with van der Waals surface area (Å²) in [7, 11) is 1.56. The summed E-state index contributed by atoms with van der Waals surface area (Å²) in [6, 6.07) is 8.16. The molecule has 5 atom stereocenters. The number of amides is 1. The van der Waals surface area contributed by atoms with E-state index in [1.54, 1.807) is 7.11 Å². The van der Waals surface area contributed by atoms with Gasteiger partial charge in [0.2, 0.25) is 0 Å². The maximum atomic E-state index is 13.4. The quantitative estimate of drug-likeness (QED) is 0.839. The zero-order chi connectivity index (χ0) is 16.5. The number of hydrogen-bond acceptors (Lipinski definition) is 4. The maximum Gasteiger partial charge on any atom is 0.264 e. The highest BCUT2D eigenvalue weighted by Gasteiger charge is 2.64. The van der Waals surface area contributed by atoms with Crippen LogP contribution in [0.1, 0.15) is 31.7 Å². The van der Waals surface area contributed by atoms with E-state index < -0.39 is 5.41 Å². The van der Waals surface area contributed by atoms with Crippen LogP contribution in [0.25, 0.3) is 0 Å². The number of nitrogens with zero attached hydrogens (tertiary/aromatic N) is 2. The third-order valence-corrected chi connectivity index (χ3v) is 6.52. The SMILES string of the molecule is CCC1=NC2C[C@]3(C(=O)N(OC)c4ccccc43)[C@H]3C[C@H]1C2CO3. The lowest BCUT2D eigenvalue weighted by atomic mass is 9.71. The van der Waals surface area contributed by atoms with E-state index >= 15 is 0 Å². The molecule has 1 aliphatic carbocycles. The van der Waals surface area contributed by atoms with E-state index in [0.29, 0.717) is 11.8 Å². The second kappa shape index (κ2) is 4.90. The topological polar surface area (TPSA) is 51.1 Å². The van der Waals surface area contributed by atoms with Crippen LogP contribution in [-0.2, 0) is 19.8 Å². The molecule has 0 N–H and O–H groups in total. The molecule has 1 amide bonds. The third-order valence-electron chi connectivity index (χ3n) is 6.52. The maximum absolute atomic E-state index is 13.4. The first-order valence-corrected chi connectivity index (χ1v) is 8.87. The van der Waals surface area contributed by atoms with Crippen LogP contribution < -0.4 is 5.06 Å². The monoisotopic (exact) mass is 326 g/mol. The van der Waals surface area contributed by atoms with Crippen molar-refractivity contribution < 1.29 is 14.4 Å². The van der Waals surface area contributed by atoms with Gasteiger partial charge in [-0.15, -0.1) is 0 Å².